The van der Waals surface area contributed by atoms with Crippen LogP contribution in [0.3, 0.4) is 0 Å². The van der Waals surface area contributed by atoms with Gasteiger partial charge >= 0.3 is 0 Å². The van der Waals surface area contributed by atoms with Crippen molar-refractivity contribution in [2.75, 3.05) is 20.3 Å². The predicted octanol–water partition coefficient (Wildman–Crippen LogP) is 4.69. The SMILES string of the molecule is COc1cc(CBr)cc(Br)c1OCCCC1CCCO1. The molecule has 20 heavy (non-hydrogen) atoms. The summed E-state index contributed by atoms with van der Waals surface area (Å²) < 4.78 is 17.8. The summed E-state index contributed by atoms with van der Waals surface area (Å²) in [7, 11) is 1.67. The van der Waals surface area contributed by atoms with E-state index in [0.717, 1.165) is 46.3 Å². The minimum absolute atomic E-state index is 0.430. The maximum absolute atomic E-state index is 5.88. The lowest BCUT2D eigenvalue weighted by Gasteiger charge is -2.14. The van der Waals surface area contributed by atoms with Crippen LogP contribution in [0.25, 0.3) is 0 Å². The molecule has 1 saturated heterocycles. The van der Waals surface area contributed by atoms with Gasteiger partial charge in [0.2, 0.25) is 0 Å². The van der Waals surface area contributed by atoms with Gasteiger partial charge in [0.1, 0.15) is 0 Å². The number of rotatable bonds is 7. The van der Waals surface area contributed by atoms with Crippen LogP contribution in [0.2, 0.25) is 0 Å². The summed E-state index contributed by atoms with van der Waals surface area (Å²) in [5.74, 6) is 1.55. The third kappa shape index (κ3) is 4.37. The second-order valence-corrected chi connectivity index (χ2v) is 6.28. The van der Waals surface area contributed by atoms with Crippen molar-refractivity contribution in [3.63, 3.8) is 0 Å². The highest BCUT2D eigenvalue weighted by molar-refractivity contribution is 9.10. The van der Waals surface area contributed by atoms with Gasteiger partial charge in [-0.2, -0.15) is 0 Å². The maximum atomic E-state index is 5.88. The number of benzene rings is 1. The molecule has 1 heterocycles. The lowest BCUT2D eigenvalue weighted by molar-refractivity contribution is 0.0979. The Kier molecular flexibility index (Phi) is 6.65. The summed E-state index contributed by atoms with van der Waals surface area (Å²) >= 11 is 7.00. The lowest BCUT2D eigenvalue weighted by Crippen LogP contribution is -2.08. The summed E-state index contributed by atoms with van der Waals surface area (Å²) in [6.45, 7) is 1.60. The van der Waals surface area contributed by atoms with E-state index >= 15 is 0 Å². The third-order valence-electron chi connectivity index (χ3n) is 3.38. The van der Waals surface area contributed by atoms with Gasteiger partial charge in [0.05, 0.1) is 24.3 Å². The zero-order valence-electron chi connectivity index (χ0n) is 11.7. The standard InChI is InChI=1S/C15H20Br2O3/c1-18-14-9-11(10-16)8-13(17)15(14)20-7-3-5-12-4-2-6-19-12/h8-9,12H,2-7,10H2,1H3. The van der Waals surface area contributed by atoms with Crippen molar-refractivity contribution in [3.8, 4) is 11.5 Å². The first-order valence-corrected chi connectivity index (χ1v) is 8.83. The number of hydrogen-bond acceptors (Lipinski definition) is 3. The molecule has 1 unspecified atom stereocenters. The zero-order valence-corrected chi connectivity index (χ0v) is 14.8. The summed E-state index contributed by atoms with van der Waals surface area (Å²) in [6.07, 6.45) is 4.88. The van der Waals surface area contributed by atoms with Crippen LogP contribution in [0.4, 0.5) is 0 Å². The van der Waals surface area contributed by atoms with Gasteiger partial charge in [0.25, 0.3) is 0 Å². The largest absolute Gasteiger partial charge is 0.493 e. The Bertz CT molecular complexity index is 431. The highest BCUT2D eigenvalue weighted by Crippen LogP contribution is 2.37. The summed E-state index contributed by atoms with van der Waals surface area (Å²) in [5.41, 5.74) is 1.15. The molecule has 0 spiro atoms. The van der Waals surface area contributed by atoms with Crippen molar-refractivity contribution in [3.05, 3.63) is 22.2 Å². The normalized spacial score (nSPS) is 18.2. The van der Waals surface area contributed by atoms with Gasteiger partial charge in [-0.05, 0) is 59.3 Å². The number of ether oxygens (including phenoxy) is 3. The molecule has 0 radical (unpaired) electrons. The van der Waals surface area contributed by atoms with E-state index in [1.54, 1.807) is 7.11 Å². The van der Waals surface area contributed by atoms with Gasteiger partial charge < -0.3 is 14.2 Å². The molecule has 0 aromatic heterocycles. The second kappa shape index (κ2) is 8.25. The van der Waals surface area contributed by atoms with Gasteiger partial charge in [0, 0.05) is 11.9 Å². The third-order valence-corrected chi connectivity index (χ3v) is 4.62. The molecule has 1 atom stereocenters. The lowest BCUT2D eigenvalue weighted by atomic mass is 10.1. The van der Waals surface area contributed by atoms with Crippen LogP contribution in [0, 0.1) is 0 Å². The number of alkyl halides is 1. The van der Waals surface area contributed by atoms with Crippen LogP contribution in [-0.2, 0) is 10.1 Å². The van der Waals surface area contributed by atoms with Crippen molar-refractivity contribution in [2.45, 2.75) is 37.1 Å². The average Bonchev–Trinajstić information content (AvgIpc) is 2.97. The topological polar surface area (TPSA) is 27.7 Å². The van der Waals surface area contributed by atoms with Gasteiger partial charge in [0.15, 0.2) is 11.5 Å². The van der Waals surface area contributed by atoms with Crippen molar-refractivity contribution in [2.24, 2.45) is 0 Å². The summed E-state index contributed by atoms with van der Waals surface area (Å²) in [6, 6.07) is 4.04. The molecule has 0 amide bonds. The Hall–Kier alpha value is -0.260. The van der Waals surface area contributed by atoms with E-state index in [1.165, 1.54) is 12.8 Å². The Morgan fingerprint density at radius 1 is 1.40 bits per heavy atom. The molecular weight excluding hydrogens is 388 g/mol. The first-order chi connectivity index (χ1) is 9.74. The minimum Gasteiger partial charge on any atom is -0.493 e. The number of halogens is 2. The molecule has 0 bridgehead atoms. The monoisotopic (exact) mass is 406 g/mol. The van der Waals surface area contributed by atoms with E-state index in [-0.39, 0.29) is 0 Å². The van der Waals surface area contributed by atoms with E-state index in [9.17, 15) is 0 Å². The fourth-order valence-corrected chi connectivity index (χ4v) is 3.28. The summed E-state index contributed by atoms with van der Waals surface area (Å²) in [4.78, 5) is 0. The minimum atomic E-state index is 0.430. The molecule has 112 valence electrons. The van der Waals surface area contributed by atoms with E-state index in [2.05, 4.69) is 31.9 Å². The molecule has 1 aliphatic heterocycles. The van der Waals surface area contributed by atoms with Gasteiger partial charge in [-0.15, -0.1) is 0 Å². The summed E-state index contributed by atoms with van der Waals surface area (Å²) in [5, 5.41) is 0.793. The molecule has 2 rings (SSSR count). The molecule has 1 aromatic rings. The van der Waals surface area contributed by atoms with Crippen LogP contribution < -0.4 is 9.47 Å². The van der Waals surface area contributed by atoms with Gasteiger partial charge in [-0.3, -0.25) is 0 Å². The number of hydrogen-bond donors (Lipinski definition) is 0. The highest BCUT2D eigenvalue weighted by Gasteiger charge is 2.15. The Morgan fingerprint density at radius 3 is 2.90 bits per heavy atom. The molecule has 3 nitrogen and oxygen atoms in total. The first-order valence-electron chi connectivity index (χ1n) is 6.91. The fraction of sp³-hybridized carbons (Fsp3) is 0.600. The Balaban J connectivity index is 1.87. The molecule has 1 aliphatic rings. The zero-order chi connectivity index (χ0) is 14.4. The van der Waals surface area contributed by atoms with E-state index in [1.807, 2.05) is 12.1 Å². The van der Waals surface area contributed by atoms with E-state index in [0.29, 0.717) is 12.7 Å². The van der Waals surface area contributed by atoms with Crippen LogP contribution >= 0.6 is 31.9 Å². The molecule has 1 aromatic carbocycles. The number of methoxy groups -OCH3 is 1. The van der Waals surface area contributed by atoms with Crippen molar-refractivity contribution < 1.29 is 14.2 Å². The van der Waals surface area contributed by atoms with E-state index in [4.69, 9.17) is 14.2 Å². The van der Waals surface area contributed by atoms with Crippen LogP contribution in [0.5, 0.6) is 11.5 Å². The molecule has 5 heteroatoms. The molecule has 1 fully saturated rings. The Labute approximate surface area is 137 Å². The average molecular weight is 408 g/mol. The second-order valence-electron chi connectivity index (χ2n) is 4.87. The highest BCUT2D eigenvalue weighted by atomic mass is 79.9. The van der Waals surface area contributed by atoms with Crippen molar-refractivity contribution >= 4 is 31.9 Å². The fourth-order valence-electron chi connectivity index (χ4n) is 2.35. The van der Waals surface area contributed by atoms with Crippen molar-refractivity contribution in [1.82, 2.24) is 0 Å². The van der Waals surface area contributed by atoms with E-state index < -0.39 is 0 Å². The van der Waals surface area contributed by atoms with Crippen LogP contribution in [-0.4, -0.2) is 26.4 Å². The first kappa shape index (κ1) is 16.1. The van der Waals surface area contributed by atoms with Crippen LogP contribution in [0.1, 0.15) is 31.2 Å². The molecular formula is C15H20Br2O3. The molecule has 0 aliphatic carbocycles. The van der Waals surface area contributed by atoms with Gasteiger partial charge in [-0.1, -0.05) is 15.9 Å². The molecule has 0 saturated carbocycles. The predicted molar refractivity (Wildman–Crippen MR) is 87.0 cm³/mol. The van der Waals surface area contributed by atoms with Crippen LogP contribution in [0.15, 0.2) is 16.6 Å². The van der Waals surface area contributed by atoms with Crippen molar-refractivity contribution in [1.29, 1.82) is 0 Å². The van der Waals surface area contributed by atoms with Gasteiger partial charge in [-0.25, -0.2) is 0 Å². The maximum Gasteiger partial charge on any atom is 0.175 e. The quantitative estimate of drug-likeness (QED) is 0.484. The molecule has 0 N–H and O–H groups in total. The Morgan fingerprint density at radius 2 is 2.25 bits per heavy atom. The smallest absolute Gasteiger partial charge is 0.175 e.